The number of hydrogen-bond acceptors (Lipinski definition) is 1. The zero-order valence-electron chi connectivity index (χ0n) is 8.87. The molecule has 2 rings (SSSR count). The molecule has 0 heterocycles. The van der Waals surface area contributed by atoms with Crippen LogP contribution in [0.4, 0.5) is 0 Å². The summed E-state index contributed by atoms with van der Waals surface area (Å²) in [4.78, 5) is 0. The van der Waals surface area contributed by atoms with E-state index in [1.807, 2.05) is 24.3 Å². The molecular formula is C14H15N. The summed E-state index contributed by atoms with van der Waals surface area (Å²) in [6.45, 7) is 0. The molecule has 0 atom stereocenters. The third-order valence-electron chi connectivity index (χ3n) is 2.91. The molecule has 1 aliphatic carbocycles. The van der Waals surface area contributed by atoms with Gasteiger partial charge in [-0.1, -0.05) is 30.2 Å². The molecule has 1 aromatic rings. The molecular weight excluding hydrogens is 182 g/mol. The molecule has 1 fully saturated rings. The zero-order valence-corrected chi connectivity index (χ0v) is 8.87. The van der Waals surface area contributed by atoms with Gasteiger partial charge in [0.15, 0.2) is 0 Å². The first-order valence-corrected chi connectivity index (χ1v) is 5.58. The highest BCUT2D eigenvalue weighted by Gasteiger charge is 2.04. The molecule has 0 aromatic heterocycles. The number of nitrogens with zero attached hydrogens (tertiary/aromatic N) is 1. The van der Waals surface area contributed by atoms with Crippen LogP contribution >= 0.6 is 0 Å². The van der Waals surface area contributed by atoms with Crippen LogP contribution in [-0.4, -0.2) is 0 Å². The molecule has 0 amide bonds. The van der Waals surface area contributed by atoms with E-state index in [9.17, 15) is 0 Å². The molecule has 15 heavy (non-hydrogen) atoms. The molecule has 0 saturated heterocycles. The Morgan fingerprint density at radius 1 is 1.00 bits per heavy atom. The molecule has 0 bridgehead atoms. The average molecular weight is 197 g/mol. The molecule has 0 aliphatic heterocycles. The van der Waals surface area contributed by atoms with E-state index in [2.05, 4.69) is 12.1 Å². The van der Waals surface area contributed by atoms with Gasteiger partial charge in [-0.25, -0.2) is 0 Å². The predicted octanol–water partition coefficient (Wildman–Crippen LogP) is 3.91. The molecule has 1 aromatic carbocycles. The van der Waals surface area contributed by atoms with E-state index in [1.165, 1.54) is 37.7 Å². The van der Waals surface area contributed by atoms with Gasteiger partial charge in [-0.05, 0) is 43.4 Å². The number of rotatable bonds is 1. The highest BCUT2D eigenvalue weighted by Crippen LogP contribution is 2.24. The summed E-state index contributed by atoms with van der Waals surface area (Å²) in [5, 5.41) is 8.68. The largest absolute Gasteiger partial charge is 0.192 e. The zero-order chi connectivity index (χ0) is 10.5. The normalized spacial score (nSPS) is 15.8. The van der Waals surface area contributed by atoms with Crippen molar-refractivity contribution in [2.45, 2.75) is 32.1 Å². The lowest BCUT2D eigenvalue weighted by atomic mass is 9.93. The Morgan fingerprint density at radius 2 is 1.67 bits per heavy atom. The fourth-order valence-corrected chi connectivity index (χ4v) is 2.04. The van der Waals surface area contributed by atoms with Crippen molar-refractivity contribution in [3.05, 3.63) is 41.0 Å². The third kappa shape index (κ3) is 2.70. The second-order valence-corrected chi connectivity index (χ2v) is 4.10. The van der Waals surface area contributed by atoms with E-state index in [0.29, 0.717) is 0 Å². The maximum absolute atomic E-state index is 8.68. The fourth-order valence-electron chi connectivity index (χ4n) is 2.04. The van der Waals surface area contributed by atoms with Gasteiger partial charge in [0.1, 0.15) is 0 Å². The predicted molar refractivity (Wildman–Crippen MR) is 62.2 cm³/mol. The van der Waals surface area contributed by atoms with Crippen molar-refractivity contribution < 1.29 is 0 Å². The topological polar surface area (TPSA) is 23.8 Å². The lowest BCUT2D eigenvalue weighted by Gasteiger charge is -2.13. The first kappa shape index (κ1) is 9.98. The third-order valence-corrected chi connectivity index (χ3v) is 2.91. The Kier molecular flexibility index (Phi) is 3.19. The summed E-state index contributed by atoms with van der Waals surface area (Å²) in [5.74, 6) is 0. The summed E-state index contributed by atoms with van der Waals surface area (Å²) in [6, 6.07) is 9.96. The monoisotopic (exact) mass is 197 g/mol. The molecule has 1 aliphatic rings. The van der Waals surface area contributed by atoms with Crippen molar-refractivity contribution in [1.29, 1.82) is 5.26 Å². The van der Waals surface area contributed by atoms with Crippen LogP contribution in [-0.2, 0) is 0 Å². The van der Waals surface area contributed by atoms with E-state index in [1.54, 1.807) is 5.57 Å². The van der Waals surface area contributed by atoms with Crippen LogP contribution in [0.25, 0.3) is 6.08 Å². The summed E-state index contributed by atoms with van der Waals surface area (Å²) in [7, 11) is 0. The fraction of sp³-hybridized carbons (Fsp3) is 0.357. The summed E-state index contributed by atoms with van der Waals surface area (Å²) in [6.07, 6.45) is 8.83. The Bertz CT molecular complexity index is 384. The van der Waals surface area contributed by atoms with Gasteiger partial charge in [-0.2, -0.15) is 5.26 Å². The molecule has 76 valence electrons. The summed E-state index contributed by atoms with van der Waals surface area (Å²) in [5.41, 5.74) is 3.53. The SMILES string of the molecule is N#Cc1ccc(C=C2CCCCC2)cc1. The number of benzene rings is 1. The van der Waals surface area contributed by atoms with Crippen molar-refractivity contribution >= 4 is 6.08 Å². The average Bonchev–Trinajstić information content (AvgIpc) is 2.31. The Hall–Kier alpha value is -1.55. The van der Waals surface area contributed by atoms with Crippen molar-refractivity contribution in [3.8, 4) is 6.07 Å². The van der Waals surface area contributed by atoms with E-state index in [4.69, 9.17) is 5.26 Å². The lowest BCUT2D eigenvalue weighted by Crippen LogP contribution is -1.93. The smallest absolute Gasteiger partial charge is 0.0991 e. The summed E-state index contributed by atoms with van der Waals surface area (Å²) < 4.78 is 0. The van der Waals surface area contributed by atoms with Crippen molar-refractivity contribution in [2.24, 2.45) is 0 Å². The van der Waals surface area contributed by atoms with Crippen molar-refractivity contribution in [1.82, 2.24) is 0 Å². The van der Waals surface area contributed by atoms with Gasteiger partial charge in [0, 0.05) is 0 Å². The minimum Gasteiger partial charge on any atom is -0.192 e. The minimum atomic E-state index is 0.737. The molecule has 0 radical (unpaired) electrons. The molecule has 0 N–H and O–H groups in total. The van der Waals surface area contributed by atoms with Gasteiger partial charge < -0.3 is 0 Å². The van der Waals surface area contributed by atoms with Crippen LogP contribution in [0.1, 0.15) is 43.2 Å². The van der Waals surface area contributed by atoms with Crippen LogP contribution in [0, 0.1) is 11.3 Å². The van der Waals surface area contributed by atoms with Gasteiger partial charge in [-0.3, -0.25) is 0 Å². The van der Waals surface area contributed by atoms with E-state index in [0.717, 1.165) is 5.56 Å². The van der Waals surface area contributed by atoms with Crippen LogP contribution < -0.4 is 0 Å². The van der Waals surface area contributed by atoms with Gasteiger partial charge in [0.05, 0.1) is 11.6 Å². The van der Waals surface area contributed by atoms with E-state index in [-0.39, 0.29) is 0 Å². The Morgan fingerprint density at radius 3 is 2.27 bits per heavy atom. The highest BCUT2D eigenvalue weighted by atomic mass is 14.2. The maximum atomic E-state index is 8.68. The minimum absolute atomic E-state index is 0.737. The van der Waals surface area contributed by atoms with Gasteiger partial charge in [0.25, 0.3) is 0 Å². The van der Waals surface area contributed by atoms with E-state index >= 15 is 0 Å². The van der Waals surface area contributed by atoms with Crippen LogP contribution in [0.15, 0.2) is 29.8 Å². The number of nitriles is 1. The second kappa shape index (κ2) is 4.79. The van der Waals surface area contributed by atoms with Crippen LogP contribution in [0.3, 0.4) is 0 Å². The number of allylic oxidation sites excluding steroid dienone is 1. The lowest BCUT2D eigenvalue weighted by molar-refractivity contribution is 0.602. The molecule has 1 saturated carbocycles. The first-order valence-electron chi connectivity index (χ1n) is 5.58. The van der Waals surface area contributed by atoms with Gasteiger partial charge >= 0.3 is 0 Å². The molecule has 1 heteroatoms. The molecule has 1 nitrogen and oxygen atoms in total. The number of hydrogen-bond donors (Lipinski definition) is 0. The highest BCUT2D eigenvalue weighted by molar-refractivity contribution is 5.54. The molecule has 0 spiro atoms. The maximum Gasteiger partial charge on any atom is 0.0991 e. The second-order valence-electron chi connectivity index (χ2n) is 4.10. The standard InChI is InChI=1S/C14H15N/c15-11-14-8-6-13(7-9-14)10-12-4-2-1-3-5-12/h6-10H,1-5H2. The Labute approximate surface area is 91.0 Å². The van der Waals surface area contributed by atoms with Crippen molar-refractivity contribution in [2.75, 3.05) is 0 Å². The van der Waals surface area contributed by atoms with Crippen molar-refractivity contribution in [3.63, 3.8) is 0 Å². The Balaban J connectivity index is 2.12. The van der Waals surface area contributed by atoms with E-state index < -0.39 is 0 Å². The van der Waals surface area contributed by atoms with Crippen LogP contribution in [0.5, 0.6) is 0 Å². The van der Waals surface area contributed by atoms with Crippen LogP contribution in [0.2, 0.25) is 0 Å². The van der Waals surface area contributed by atoms with Gasteiger partial charge in [0.2, 0.25) is 0 Å². The first-order chi connectivity index (χ1) is 7.38. The summed E-state index contributed by atoms with van der Waals surface area (Å²) >= 11 is 0. The van der Waals surface area contributed by atoms with Gasteiger partial charge in [-0.15, -0.1) is 0 Å². The molecule has 0 unspecified atom stereocenters. The quantitative estimate of drug-likeness (QED) is 0.669.